The molecule has 4 N–H and O–H groups in total. The summed E-state index contributed by atoms with van der Waals surface area (Å²) in [5.41, 5.74) is 1.60. The van der Waals surface area contributed by atoms with E-state index in [2.05, 4.69) is 10.6 Å². The summed E-state index contributed by atoms with van der Waals surface area (Å²) in [6, 6.07) is 12.2. The number of anilines is 1. The molecule has 4 rings (SSSR count). The van der Waals surface area contributed by atoms with Crippen molar-refractivity contribution < 1.29 is 33.5 Å². The number of rotatable bonds is 5. The van der Waals surface area contributed by atoms with E-state index in [4.69, 9.17) is 13.9 Å². The van der Waals surface area contributed by atoms with E-state index >= 15 is 0 Å². The number of hydrogen-bond donors (Lipinski definition) is 4. The van der Waals surface area contributed by atoms with Crippen molar-refractivity contribution in [1.82, 2.24) is 5.32 Å². The molecule has 0 saturated carbocycles. The van der Waals surface area contributed by atoms with Gasteiger partial charge in [-0.1, -0.05) is 24.3 Å². The van der Waals surface area contributed by atoms with E-state index in [0.717, 1.165) is 5.39 Å². The molecule has 0 radical (unpaired) electrons. The molecule has 0 aliphatic carbocycles. The van der Waals surface area contributed by atoms with E-state index < -0.39 is 24.9 Å². The van der Waals surface area contributed by atoms with Crippen molar-refractivity contribution in [3.8, 4) is 11.5 Å². The van der Waals surface area contributed by atoms with Crippen LogP contribution in [-0.2, 0) is 16.0 Å². The average molecular weight is 410 g/mol. The lowest BCUT2D eigenvalue weighted by Gasteiger charge is -2.21. The van der Waals surface area contributed by atoms with Crippen LogP contribution in [0, 0.1) is 0 Å². The summed E-state index contributed by atoms with van der Waals surface area (Å²) >= 11 is 0. The summed E-state index contributed by atoms with van der Waals surface area (Å²) < 4.78 is 16.4. The van der Waals surface area contributed by atoms with Crippen LogP contribution < -0.4 is 20.1 Å². The van der Waals surface area contributed by atoms with Gasteiger partial charge in [-0.05, 0) is 30.2 Å². The van der Waals surface area contributed by atoms with Gasteiger partial charge in [-0.3, -0.25) is 9.59 Å². The smallest absolute Gasteiger partial charge is 0.475 e. The molecular formula is C20H19BN2O7. The molecule has 1 aromatic heterocycles. The Morgan fingerprint density at radius 1 is 1.03 bits per heavy atom. The Balaban J connectivity index is 1.45. The van der Waals surface area contributed by atoms with Gasteiger partial charge in [0.15, 0.2) is 11.5 Å². The molecule has 9 nitrogen and oxygen atoms in total. The molecule has 0 spiro atoms. The van der Waals surface area contributed by atoms with Gasteiger partial charge < -0.3 is 34.6 Å². The van der Waals surface area contributed by atoms with Gasteiger partial charge in [0, 0.05) is 5.39 Å². The molecule has 154 valence electrons. The third-order valence-electron chi connectivity index (χ3n) is 4.70. The van der Waals surface area contributed by atoms with Gasteiger partial charge in [0.25, 0.3) is 0 Å². The molecule has 1 unspecified atom stereocenters. The van der Waals surface area contributed by atoms with Crippen molar-refractivity contribution in [2.45, 2.75) is 12.4 Å². The Labute approximate surface area is 171 Å². The van der Waals surface area contributed by atoms with Crippen molar-refractivity contribution in [2.75, 3.05) is 18.5 Å². The van der Waals surface area contributed by atoms with E-state index in [1.807, 2.05) is 18.2 Å². The maximum Gasteiger partial charge on any atom is 0.475 e. The number of amides is 2. The first-order valence-electron chi connectivity index (χ1n) is 9.34. The lowest BCUT2D eigenvalue weighted by atomic mass is 9.76. The van der Waals surface area contributed by atoms with Crippen molar-refractivity contribution in [2.24, 2.45) is 0 Å². The number of carbonyl (C=O) groups excluding carboxylic acids is 2. The lowest BCUT2D eigenvalue weighted by molar-refractivity contribution is -0.136. The maximum atomic E-state index is 12.4. The van der Waals surface area contributed by atoms with Crippen molar-refractivity contribution in [3.05, 3.63) is 54.3 Å². The fraction of sp³-hybridized carbons (Fsp3) is 0.200. The van der Waals surface area contributed by atoms with Gasteiger partial charge in [-0.2, -0.15) is 0 Å². The Morgan fingerprint density at radius 3 is 2.67 bits per heavy atom. The summed E-state index contributed by atoms with van der Waals surface area (Å²) in [7, 11) is -1.88. The molecule has 0 bridgehead atoms. The standard InChI is InChI=1S/C20H19BN2O7/c24-19(22-14-5-3-7-16-18(14)29-9-8-28-16)20(25)23-17(21(26)27)10-12-11-30-15-6-2-1-4-13(12)15/h1-7,11,17,26-27H,8-10H2,(H,22,24)(H,23,25). The molecular weight excluding hydrogens is 391 g/mol. The maximum absolute atomic E-state index is 12.4. The first-order valence-corrected chi connectivity index (χ1v) is 9.34. The van der Waals surface area contributed by atoms with E-state index in [1.54, 1.807) is 24.3 Å². The van der Waals surface area contributed by atoms with E-state index in [-0.39, 0.29) is 12.1 Å². The average Bonchev–Trinajstić information content (AvgIpc) is 3.16. The predicted molar refractivity (Wildman–Crippen MR) is 108 cm³/mol. The highest BCUT2D eigenvalue weighted by molar-refractivity contribution is 6.46. The van der Waals surface area contributed by atoms with Gasteiger partial charge in [-0.25, -0.2) is 0 Å². The summed E-state index contributed by atoms with van der Waals surface area (Å²) in [6.45, 7) is 0.715. The molecule has 3 aromatic rings. The van der Waals surface area contributed by atoms with Crippen LogP contribution in [0.5, 0.6) is 11.5 Å². The van der Waals surface area contributed by atoms with E-state index in [0.29, 0.717) is 35.9 Å². The molecule has 0 saturated heterocycles. The number of carbonyl (C=O) groups is 2. The van der Waals surface area contributed by atoms with Crippen molar-refractivity contribution in [1.29, 1.82) is 0 Å². The van der Waals surface area contributed by atoms with Crippen molar-refractivity contribution in [3.63, 3.8) is 0 Å². The zero-order valence-electron chi connectivity index (χ0n) is 15.8. The van der Waals surface area contributed by atoms with Crippen LogP contribution in [-0.4, -0.2) is 48.1 Å². The van der Waals surface area contributed by atoms with Crippen LogP contribution in [0.1, 0.15) is 5.56 Å². The Bertz CT molecular complexity index is 1080. The number of ether oxygens (including phenoxy) is 2. The first kappa shape index (κ1) is 19.8. The molecule has 1 atom stereocenters. The SMILES string of the molecule is O=C(Nc1cccc2c1OCCO2)C(=O)NC(Cc1coc2ccccc12)B(O)O. The Hall–Kier alpha value is -3.50. The lowest BCUT2D eigenvalue weighted by Crippen LogP contribution is -2.51. The number of para-hydroxylation sites is 2. The van der Waals surface area contributed by atoms with Crippen molar-refractivity contribution >= 4 is 35.6 Å². The van der Waals surface area contributed by atoms with Crippen LogP contribution in [0.3, 0.4) is 0 Å². The number of nitrogens with one attached hydrogen (secondary N) is 2. The quantitative estimate of drug-likeness (QED) is 0.363. The third-order valence-corrected chi connectivity index (χ3v) is 4.70. The van der Waals surface area contributed by atoms with Crippen LogP contribution in [0.25, 0.3) is 11.0 Å². The molecule has 30 heavy (non-hydrogen) atoms. The van der Waals surface area contributed by atoms with Gasteiger partial charge in [0.2, 0.25) is 0 Å². The van der Waals surface area contributed by atoms with Gasteiger partial charge in [0.1, 0.15) is 18.8 Å². The summed E-state index contributed by atoms with van der Waals surface area (Å²) in [4.78, 5) is 24.8. The zero-order chi connectivity index (χ0) is 21.1. The Morgan fingerprint density at radius 2 is 1.83 bits per heavy atom. The normalized spacial score (nSPS) is 13.5. The van der Waals surface area contributed by atoms with Crippen LogP contribution in [0.15, 0.2) is 53.1 Å². The summed E-state index contributed by atoms with van der Waals surface area (Å²) in [5, 5.41) is 25.0. The molecule has 2 amide bonds. The second kappa shape index (κ2) is 8.48. The largest absolute Gasteiger partial charge is 0.486 e. The molecule has 10 heteroatoms. The molecule has 2 aromatic carbocycles. The number of hydrogen-bond acceptors (Lipinski definition) is 7. The summed E-state index contributed by atoms with van der Waals surface area (Å²) in [5.74, 6) is -2.30. The zero-order valence-corrected chi connectivity index (χ0v) is 15.8. The highest BCUT2D eigenvalue weighted by Crippen LogP contribution is 2.37. The molecule has 2 heterocycles. The predicted octanol–water partition coefficient (Wildman–Crippen LogP) is 0.882. The molecule has 1 aliphatic rings. The van der Waals surface area contributed by atoms with Crippen LogP contribution in [0.2, 0.25) is 0 Å². The fourth-order valence-electron chi connectivity index (χ4n) is 3.24. The van der Waals surface area contributed by atoms with Gasteiger partial charge in [-0.15, -0.1) is 0 Å². The van der Waals surface area contributed by atoms with E-state index in [9.17, 15) is 19.6 Å². The van der Waals surface area contributed by atoms with Crippen LogP contribution in [0.4, 0.5) is 5.69 Å². The minimum atomic E-state index is -1.88. The minimum Gasteiger partial charge on any atom is -0.486 e. The van der Waals surface area contributed by atoms with E-state index in [1.165, 1.54) is 6.26 Å². The highest BCUT2D eigenvalue weighted by Gasteiger charge is 2.29. The number of benzene rings is 2. The number of fused-ring (bicyclic) bond motifs is 2. The minimum absolute atomic E-state index is 0.0609. The molecule has 0 fully saturated rings. The van der Waals surface area contributed by atoms with Gasteiger partial charge in [0.05, 0.1) is 17.9 Å². The van der Waals surface area contributed by atoms with Crippen LogP contribution >= 0.6 is 0 Å². The second-order valence-corrected chi connectivity index (χ2v) is 6.74. The highest BCUT2D eigenvalue weighted by atomic mass is 16.6. The number of furan rings is 1. The summed E-state index contributed by atoms with van der Waals surface area (Å²) in [6.07, 6.45) is 1.55. The fourth-order valence-corrected chi connectivity index (χ4v) is 3.24. The third kappa shape index (κ3) is 4.09. The Kier molecular flexibility index (Phi) is 5.60. The monoisotopic (exact) mass is 410 g/mol. The second-order valence-electron chi connectivity index (χ2n) is 6.74. The topological polar surface area (TPSA) is 130 Å². The molecule has 1 aliphatic heterocycles. The first-order chi connectivity index (χ1) is 14.5. The van der Waals surface area contributed by atoms with Gasteiger partial charge >= 0.3 is 18.9 Å².